The predicted octanol–water partition coefficient (Wildman–Crippen LogP) is 2.88. The molecule has 6 nitrogen and oxygen atoms in total. The number of hydrogen-bond donors (Lipinski definition) is 1. The molecule has 0 aliphatic carbocycles. The maximum absolute atomic E-state index is 11.9. The fourth-order valence-corrected chi connectivity index (χ4v) is 2.02. The van der Waals surface area contributed by atoms with Gasteiger partial charge in [0, 0.05) is 0 Å². The normalized spacial score (nSPS) is 10.7. The number of rotatable bonds is 7. The molecule has 0 unspecified atom stereocenters. The number of nitriles is 1. The van der Waals surface area contributed by atoms with Crippen LogP contribution in [0, 0.1) is 11.3 Å². The smallest absolute Gasteiger partial charge is 0.277 e. The third-order valence-electron chi connectivity index (χ3n) is 3.29. The number of nitrogens with zero attached hydrogens (tertiary/aromatic N) is 2. The molecule has 0 aromatic heterocycles. The van der Waals surface area contributed by atoms with Crippen LogP contribution in [0.25, 0.3) is 0 Å². The summed E-state index contributed by atoms with van der Waals surface area (Å²) in [4.78, 5) is 11.9. The summed E-state index contributed by atoms with van der Waals surface area (Å²) in [6.07, 6.45) is 0. The van der Waals surface area contributed by atoms with E-state index in [2.05, 4.69) is 16.6 Å². The largest absolute Gasteiger partial charge is 0.490 e. The minimum Gasteiger partial charge on any atom is -0.490 e. The van der Waals surface area contributed by atoms with Crippen LogP contribution in [-0.2, 0) is 4.79 Å². The molecule has 2 aromatic carbocycles. The standard InChI is InChI=1S/C19H19N3O3/c1-3-24-17-6-4-5-7-18(17)25-13-19(23)22-21-14(2)16-10-8-15(12-20)9-11-16/h4-11H,3,13H2,1-2H3,(H,22,23). The number of ether oxygens (including phenoxy) is 2. The first-order chi connectivity index (χ1) is 12.1. The van der Waals surface area contributed by atoms with E-state index in [0.717, 1.165) is 5.56 Å². The van der Waals surface area contributed by atoms with Crippen LogP contribution < -0.4 is 14.9 Å². The molecule has 0 saturated carbocycles. The van der Waals surface area contributed by atoms with E-state index in [0.29, 0.717) is 29.4 Å². The quantitative estimate of drug-likeness (QED) is 0.622. The molecule has 1 amide bonds. The van der Waals surface area contributed by atoms with Crippen molar-refractivity contribution in [2.75, 3.05) is 13.2 Å². The van der Waals surface area contributed by atoms with Crippen molar-refractivity contribution in [3.05, 3.63) is 59.7 Å². The van der Waals surface area contributed by atoms with Crippen molar-refractivity contribution in [3.63, 3.8) is 0 Å². The number of amides is 1. The maximum atomic E-state index is 11.9. The van der Waals surface area contributed by atoms with Gasteiger partial charge in [0.15, 0.2) is 18.1 Å². The van der Waals surface area contributed by atoms with Crippen molar-refractivity contribution in [3.8, 4) is 17.6 Å². The molecular weight excluding hydrogens is 318 g/mol. The second kappa shape index (κ2) is 9.08. The van der Waals surface area contributed by atoms with E-state index in [1.807, 2.05) is 19.1 Å². The minimum atomic E-state index is -0.376. The van der Waals surface area contributed by atoms with Crippen molar-refractivity contribution < 1.29 is 14.3 Å². The van der Waals surface area contributed by atoms with E-state index < -0.39 is 0 Å². The second-order valence-electron chi connectivity index (χ2n) is 5.09. The van der Waals surface area contributed by atoms with Gasteiger partial charge in [-0.2, -0.15) is 10.4 Å². The Bertz CT molecular complexity index is 792. The summed E-state index contributed by atoms with van der Waals surface area (Å²) in [5, 5.41) is 12.8. The van der Waals surface area contributed by atoms with Gasteiger partial charge < -0.3 is 9.47 Å². The molecule has 128 valence electrons. The predicted molar refractivity (Wildman–Crippen MR) is 94.6 cm³/mol. The van der Waals surface area contributed by atoms with E-state index in [1.165, 1.54) is 0 Å². The highest BCUT2D eigenvalue weighted by Crippen LogP contribution is 2.26. The highest BCUT2D eigenvalue weighted by atomic mass is 16.5. The number of hydrazone groups is 1. The molecule has 6 heteroatoms. The summed E-state index contributed by atoms with van der Waals surface area (Å²) < 4.78 is 10.9. The van der Waals surface area contributed by atoms with Gasteiger partial charge in [-0.05, 0) is 43.7 Å². The molecule has 0 bridgehead atoms. The van der Waals surface area contributed by atoms with Crippen LogP contribution in [0.4, 0.5) is 0 Å². The first-order valence-electron chi connectivity index (χ1n) is 7.82. The van der Waals surface area contributed by atoms with E-state index in [-0.39, 0.29) is 12.5 Å². The van der Waals surface area contributed by atoms with E-state index >= 15 is 0 Å². The molecule has 0 heterocycles. The number of hydrogen-bond acceptors (Lipinski definition) is 5. The zero-order valence-electron chi connectivity index (χ0n) is 14.2. The van der Waals surface area contributed by atoms with Gasteiger partial charge in [0.2, 0.25) is 0 Å². The van der Waals surface area contributed by atoms with Gasteiger partial charge in [-0.3, -0.25) is 4.79 Å². The average molecular weight is 337 g/mol. The van der Waals surface area contributed by atoms with Crippen LogP contribution in [0.15, 0.2) is 53.6 Å². The molecule has 0 saturated heterocycles. The van der Waals surface area contributed by atoms with E-state index in [9.17, 15) is 4.79 Å². The molecule has 0 atom stereocenters. The van der Waals surface area contributed by atoms with Gasteiger partial charge in [-0.1, -0.05) is 24.3 Å². The van der Waals surface area contributed by atoms with Crippen molar-refractivity contribution in [1.29, 1.82) is 5.26 Å². The Morgan fingerprint density at radius 3 is 2.36 bits per heavy atom. The first-order valence-corrected chi connectivity index (χ1v) is 7.82. The summed E-state index contributed by atoms with van der Waals surface area (Å²) in [7, 11) is 0. The van der Waals surface area contributed by atoms with Crippen LogP contribution in [-0.4, -0.2) is 24.8 Å². The summed E-state index contributed by atoms with van der Waals surface area (Å²) in [5.41, 5.74) is 4.47. The van der Waals surface area contributed by atoms with E-state index in [4.69, 9.17) is 14.7 Å². The maximum Gasteiger partial charge on any atom is 0.277 e. The lowest BCUT2D eigenvalue weighted by molar-refractivity contribution is -0.123. The highest BCUT2D eigenvalue weighted by Gasteiger charge is 2.07. The summed E-state index contributed by atoms with van der Waals surface area (Å²) in [6.45, 7) is 3.99. The van der Waals surface area contributed by atoms with E-state index in [1.54, 1.807) is 43.3 Å². The topological polar surface area (TPSA) is 83.7 Å². The molecule has 25 heavy (non-hydrogen) atoms. The Hall–Kier alpha value is -3.33. The third-order valence-corrected chi connectivity index (χ3v) is 3.29. The minimum absolute atomic E-state index is 0.172. The Morgan fingerprint density at radius 2 is 1.76 bits per heavy atom. The molecule has 0 radical (unpaired) electrons. The average Bonchev–Trinajstić information content (AvgIpc) is 2.65. The van der Waals surface area contributed by atoms with Gasteiger partial charge in [-0.15, -0.1) is 0 Å². The Labute approximate surface area is 146 Å². The molecule has 2 aromatic rings. The zero-order chi connectivity index (χ0) is 18.1. The third kappa shape index (κ3) is 5.36. The Kier molecular flexibility index (Phi) is 6.55. The van der Waals surface area contributed by atoms with Gasteiger partial charge in [0.25, 0.3) is 5.91 Å². The SMILES string of the molecule is CCOc1ccccc1OCC(=O)NN=C(C)c1ccc(C#N)cc1. The molecule has 0 aliphatic rings. The zero-order valence-corrected chi connectivity index (χ0v) is 14.2. The van der Waals surface area contributed by atoms with Gasteiger partial charge >= 0.3 is 0 Å². The lowest BCUT2D eigenvalue weighted by atomic mass is 10.1. The lowest BCUT2D eigenvalue weighted by Crippen LogP contribution is -2.25. The van der Waals surface area contributed by atoms with Crippen molar-refractivity contribution in [2.45, 2.75) is 13.8 Å². The van der Waals surface area contributed by atoms with Gasteiger partial charge in [-0.25, -0.2) is 5.43 Å². The van der Waals surface area contributed by atoms with Crippen LogP contribution in [0.3, 0.4) is 0 Å². The van der Waals surface area contributed by atoms with Crippen LogP contribution in [0.5, 0.6) is 11.5 Å². The lowest BCUT2D eigenvalue weighted by Gasteiger charge is -2.10. The summed E-state index contributed by atoms with van der Waals surface area (Å²) >= 11 is 0. The molecule has 0 fully saturated rings. The van der Waals surface area contributed by atoms with Crippen molar-refractivity contribution in [1.82, 2.24) is 5.43 Å². The fourth-order valence-electron chi connectivity index (χ4n) is 2.02. The van der Waals surface area contributed by atoms with Crippen LogP contribution >= 0.6 is 0 Å². The Morgan fingerprint density at radius 1 is 1.12 bits per heavy atom. The summed E-state index contributed by atoms with van der Waals surface area (Å²) in [5.74, 6) is 0.724. The molecule has 0 spiro atoms. The number of benzene rings is 2. The Balaban J connectivity index is 1.90. The van der Waals surface area contributed by atoms with Crippen LogP contribution in [0.2, 0.25) is 0 Å². The molecule has 2 rings (SSSR count). The number of para-hydroxylation sites is 2. The molecule has 1 N–H and O–H groups in total. The second-order valence-corrected chi connectivity index (χ2v) is 5.09. The van der Waals surface area contributed by atoms with Gasteiger partial charge in [0.1, 0.15) is 0 Å². The molecular formula is C19H19N3O3. The number of nitrogens with one attached hydrogen (secondary N) is 1. The van der Waals surface area contributed by atoms with Crippen LogP contribution in [0.1, 0.15) is 25.0 Å². The summed E-state index contributed by atoms with van der Waals surface area (Å²) in [6, 6.07) is 16.2. The number of carbonyl (C=O) groups excluding carboxylic acids is 1. The van der Waals surface area contributed by atoms with Crippen molar-refractivity contribution >= 4 is 11.6 Å². The molecule has 0 aliphatic heterocycles. The fraction of sp³-hybridized carbons (Fsp3) is 0.211. The number of carbonyl (C=O) groups is 1. The first kappa shape index (κ1) is 18.0. The van der Waals surface area contributed by atoms with Gasteiger partial charge in [0.05, 0.1) is 24.0 Å². The van der Waals surface area contributed by atoms with Crippen molar-refractivity contribution in [2.24, 2.45) is 5.10 Å². The highest BCUT2D eigenvalue weighted by molar-refractivity contribution is 5.99. The monoisotopic (exact) mass is 337 g/mol.